The van der Waals surface area contributed by atoms with Gasteiger partial charge in [0, 0.05) is 0 Å². The first-order valence-corrected chi connectivity index (χ1v) is 10.8. The Kier molecular flexibility index (Phi) is 17.0. The molecular weight excluding hydrogens is 572 g/mol. The summed E-state index contributed by atoms with van der Waals surface area (Å²) in [6, 6.07) is 0. The molecular formula is C4H10Ni3O14P4. The largest absolute Gasteiger partial charge is 2.00 e. The molecule has 21 heteroatoms. The van der Waals surface area contributed by atoms with E-state index < -0.39 is 40.5 Å². The van der Waals surface area contributed by atoms with Gasteiger partial charge in [0.1, 0.15) is 0 Å². The van der Waals surface area contributed by atoms with Gasteiger partial charge in [-0.25, -0.2) is 0 Å². The Morgan fingerprint density at radius 2 is 0.720 bits per heavy atom. The van der Waals surface area contributed by atoms with E-state index in [1.165, 1.54) is 0 Å². The second-order valence-corrected chi connectivity index (χ2v) is 12.2. The maximum Gasteiger partial charge on any atom is 2.00 e. The van der Waals surface area contributed by atoms with E-state index in [-0.39, 0.29) is 63.3 Å². The quantitative estimate of drug-likeness (QED) is 0.178. The molecule has 0 radical (unpaired) electrons. The Balaban J connectivity index is -0.0000000952. The van der Waals surface area contributed by atoms with Gasteiger partial charge in [0.15, 0.2) is 25.4 Å². The predicted molar refractivity (Wildman–Crippen MR) is 56.1 cm³/mol. The normalized spacial score (nSPS) is 21.0. The summed E-state index contributed by atoms with van der Waals surface area (Å²) in [4.78, 5) is 76.2. The minimum atomic E-state index is -5.76. The molecule has 0 saturated heterocycles. The van der Waals surface area contributed by atoms with Crippen LogP contribution >= 0.6 is 30.4 Å². The van der Waals surface area contributed by atoms with E-state index in [4.69, 9.17) is 20.0 Å². The van der Waals surface area contributed by atoms with E-state index in [1.54, 1.807) is 0 Å². The standard InChI is InChI=1S/2C2H8O7P2.3Ni/c2*1-2(3,10(4,5)6)11(7,8)9;;;/h2*3H,1H3,(H2,4,5,6)(H2,7,8,9);;;/q;;3*+2/p-6. The Hall–Kier alpha value is 2.00. The van der Waals surface area contributed by atoms with Crippen molar-refractivity contribution in [1.29, 1.82) is 0 Å². The Morgan fingerprint density at radius 3 is 0.720 bits per heavy atom. The van der Waals surface area contributed by atoms with Crippen molar-refractivity contribution in [3.05, 3.63) is 0 Å². The molecule has 0 aliphatic rings. The molecule has 0 heterocycles. The van der Waals surface area contributed by atoms with Crippen LogP contribution in [-0.4, -0.2) is 30.2 Å². The van der Waals surface area contributed by atoms with Crippen LogP contribution in [0.3, 0.4) is 0 Å². The molecule has 0 aromatic carbocycles. The van der Waals surface area contributed by atoms with Crippen molar-refractivity contribution in [2.75, 3.05) is 0 Å². The maximum atomic E-state index is 10.1. The summed E-state index contributed by atoms with van der Waals surface area (Å²) in [7, 11) is -22.7. The van der Waals surface area contributed by atoms with Crippen LogP contribution in [0.5, 0.6) is 0 Å². The first-order chi connectivity index (χ1) is 9.00. The van der Waals surface area contributed by atoms with Crippen molar-refractivity contribution in [3.63, 3.8) is 0 Å². The third kappa shape index (κ3) is 10.4. The number of hydrogen-bond donors (Lipinski definition) is 4. The van der Waals surface area contributed by atoms with Gasteiger partial charge in [-0.1, -0.05) is 0 Å². The molecule has 14 nitrogen and oxygen atoms in total. The fraction of sp³-hybridized carbons (Fsp3) is 1.00. The molecule has 4 atom stereocenters. The Morgan fingerprint density at radius 1 is 0.600 bits per heavy atom. The molecule has 0 bridgehead atoms. The smallest absolute Gasteiger partial charge is 0.808 e. The molecule has 0 aromatic heterocycles. The van der Waals surface area contributed by atoms with Crippen molar-refractivity contribution in [1.82, 2.24) is 0 Å². The first kappa shape index (κ1) is 37.7. The number of aliphatic hydroxyl groups is 2. The summed E-state index contributed by atoms with van der Waals surface area (Å²) in [6.45, 7) is 0.392. The maximum absolute atomic E-state index is 10.1. The summed E-state index contributed by atoms with van der Waals surface area (Å²) in [6.07, 6.45) is 0. The predicted octanol–water partition coefficient (Wildman–Crippen LogP) is -5.78. The molecule has 0 spiro atoms. The van der Waals surface area contributed by atoms with Crippen LogP contribution in [0.2, 0.25) is 0 Å². The zero-order valence-corrected chi connectivity index (χ0v) is 18.1. The van der Waals surface area contributed by atoms with E-state index in [0.717, 1.165) is 0 Å². The average Bonchev–Trinajstić information content (AvgIpc) is 2.10. The minimum Gasteiger partial charge on any atom is -0.808 e. The van der Waals surface area contributed by atoms with Gasteiger partial charge in [-0.2, -0.15) is 0 Å². The van der Waals surface area contributed by atoms with Crippen LogP contribution in [0.15, 0.2) is 0 Å². The number of hydrogen-bond acceptors (Lipinski definition) is 12. The molecule has 0 aliphatic carbocycles. The topological polar surface area (TPSA) is 288 Å². The van der Waals surface area contributed by atoms with Crippen LogP contribution in [0.25, 0.3) is 0 Å². The molecule has 0 aromatic rings. The Bertz CT molecular complexity index is 479. The van der Waals surface area contributed by atoms with Crippen molar-refractivity contribution in [2.24, 2.45) is 0 Å². The fourth-order valence-electron chi connectivity index (χ4n) is 0.310. The van der Waals surface area contributed by atoms with Gasteiger partial charge in [0.05, 0.1) is 0 Å². The van der Waals surface area contributed by atoms with Gasteiger partial charge >= 0.3 is 49.5 Å². The van der Waals surface area contributed by atoms with E-state index >= 15 is 0 Å². The SMILES string of the molecule is CC(O)(P(=O)([O-])[O-])P(=O)([O-])O.CC(O)(P(=O)([O-])[O-])P(=O)([O-])O.[Ni+2].[Ni+2].[Ni+2]. The van der Waals surface area contributed by atoms with E-state index in [1.807, 2.05) is 0 Å². The summed E-state index contributed by atoms with van der Waals surface area (Å²) in [5, 5.41) is 9.70. The first-order valence-electron chi connectivity index (χ1n) is 4.57. The summed E-state index contributed by atoms with van der Waals surface area (Å²) in [5.74, 6) is 0. The molecule has 0 saturated carbocycles. The zero-order chi connectivity index (χ0) is 19.0. The molecule has 0 rings (SSSR count). The van der Waals surface area contributed by atoms with Crippen molar-refractivity contribution >= 4 is 30.4 Å². The summed E-state index contributed by atoms with van der Waals surface area (Å²) < 4.78 is 40.1. The third-order valence-corrected chi connectivity index (χ3v) is 9.31. The summed E-state index contributed by atoms with van der Waals surface area (Å²) >= 11 is 0. The van der Waals surface area contributed by atoms with E-state index in [2.05, 4.69) is 0 Å². The van der Waals surface area contributed by atoms with Crippen molar-refractivity contribution in [2.45, 2.75) is 24.0 Å². The van der Waals surface area contributed by atoms with Gasteiger partial charge in [-0.3, -0.25) is 0 Å². The average molecular weight is 582 g/mol. The van der Waals surface area contributed by atoms with Gasteiger partial charge in [0.25, 0.3) is 0 Å². The second kappa shape index (κ2) is 11.3. The molecule has 4 unspecified atom stereocenters. The molecule has 4 N–H and O–H groups in total. The van der Waals surface area contributed by atoms with Crippen molar-refractivity contribution in [3.8, 4) is 0 Å². The number of rotatable bonds is 4. The van der Waals surface area contributed by atoms with Crippen LogP contribution in [0.4, 0.5) is 0 Å². The molecule has 0 aliphatic heterocycles. The molecule has 0 fully saturated rings. The van der Waals surface area contributed by atoms with Gasteiger partial charge in [-0.15, -0.1) is 0 Å². The van der Waals surface area contributed by atoms with Gasteiger partial charge in [-0.05, 0) is 29.0 Å². The van der Waals surface area contributed by atoms with Crippen LogP contribution in [0.1, 0.15) is 13.8 Å². The fourth-order valence-corrected chi connectivity index (χ4v) is 2.79. The van der Waals surface area contributed by atoms with Crippen LogP contribution in [0, 0.1) is 0 Å². The van der Waals surface area contributed by atoms with E-state index in [0.29, 0.717) is 0 Å². The molecule has 25 heavy (non-hydrogen) atoms. The van der Waals surface area contributed by atoms with Crippen molar-refractivity contribution < 1.29 is 117 Å². The summed E-state index contributed by atoms with van der Waals surface area (Å²) in [5.41, 5.74) is 0. The monoisotopic (exact) mass is 580 g/mol. The van der Waals surface area contributed by atoms with Gasteiger partial charge in [0.2, 0.25) is 0 Å². The molecule has 160 valence electrons. The van der Waals surface area contributed by atoms with E-state index in [9.17, 15) is 47.6 Å². The van der Waals surface area contributed by atoms with Gasteiger partial charge < -0.3 is 67.6 Å². The third-order valence-electron chi connectivity index (χ3n) is 2.11. The zero-order valence-electron chi connectivity index (χ0n) is 11.6. The van der Waals surface area contributed by atoms with Crippen LogP contribution in [-0.2, 0) is 67.7 Å². The molecule has 0 amide bonds. The Labute approximate surface area is 171 Å². The minimum absolute atomic E-state index is 0. The van der Waals surface area contributed by atoms with Crippen LogP contribution < -0.4 is 29.4 Å². The second-order valence-electron chi connectivity index (χ2n) is 3.98.